The van der Waals surface area contributed by atoms with Gasteiger partial charge in [0.2, 0.25) is 0 Å². The number of carbonyl (C=O) groups excluding carboxylic acids is 2. The van der Waals surface area contributed by atoms with Crippen LogP contribution in [0.15, 0.2) is 29.3 Å². The largest absolute Gasteiger partial charge is 0.385 e. The summed E-state index contributed by atoms with van der Waals surface area (Å²) in [5.41, 5.74) is 1.63. The lowest BCUT2D eigenvalue weighted by atomic mass is 9.99. The molecule has 0 amide bonds. The van der Waals surface area contributed by atoms with Crippen molar-refractivity contribution in [2.75, 3.05) is 20.3 Å². The van der Waals surface area contributed by atoms with Crippen LogP contribution in [0.3, 0.4) is 0 Å². The van der Waals surface area contributed by atoms with Gasteiger partial charge in [0.25, 0.3) is 0 Å². The molecule has 0 N–H and O–H groups in total. The van der Waals surface area contributed by atoms with E-state index in [9.17, 15) is 9.59 Å². The van der Waals surface area contributed by atoms with Gasteiger partial charge >= 0.3 is 0 Å². The van der Waals surface area contributed by atoms with Crippen molar-refractivity contribution in [3.05, 3.63) is 35.4 Å². The van der Waals surface area contributed by atoms with Gasteiger partial charge in [0, 0.05) is 37.1 Å². The average Bonchev–Trinajstić information content (AvgIpc) is 2.68. The van der Waals surface area contributed by atoms with E-state index in [1.807, 2.05) is 0 Å². The molecule has 2 rings (SSSR count). The van der Waals surface area contributed by atoms with E-state index in [0.717, 1.165) is 6.42 Å². The van der Waals surface area contributed by atoms with E-state index in [2.05, 4.69) is 4.99 Å². The van der Waals surface area contributed by atoms with E-state index in [1.54, 1.807) is 38.3 Å². The van der Waals surface area contributed by atoms with E-state index in [4.69, 9.17) is 4.74 Å². The number of aliphatic imine (C=N–C) groups is 1. The maximum absolute atomic E-state index is 12.2. The second kappa shape index (κ2) is 5.89. The van der Waals surface area contributed by atoms with E-state index < -0.39 is 5.92 Å². The summed E-state index contributed by atoms with van der Waals surface area (Å²) in [7, 11) is 1.64. The number of benzene rings is 1. The number of Topliss-reactive ketones (excluding diaryl/α,β-unsaturated/α-hetero) is 2. The molecule has 0 unspecified atom stereocenters. The third kappa shape index (κ3) is 2.63. The van der Waals surface area contributed by atoms with Gasteiger partial charge in [-0.25, -0.2) is 0 Å². The molecule has 0 aliphatic heterocycles. The third-order valence-electron chi connectivity index (χ3n) is 3.27. The fourth-order valence-electron chi connectivity index (χ4n) is 2.28. The fraction of sp³-hybridized carbons (Fsp3) is 0.400. The molecule has 0 saturated heterocycles. The molecule has 0 radical (unpaired) electrons. The van der Waals surface area contributed by atoms with E-state index in [0.29, 0.717) is 30.0 Å². The molecule has 0 bridgehead atoms. The molecule has 100 valence electrons. The van der Waals surface area contributed by atoms with Crippen molar-refractivity contribution in [3.8, 4) is 0 Å². The van der Waals surface area contributed by atoms with E-state index in [1.165, 1.54) is 0 Å². The molecule has 1 aliphatic carbocycles. The second-order valence-corrected chi connectivity index (χ2v) is 4.58. The SMILES string of the molecule is COCCCN=C(C)C1C(=O)c2ccccc2C1=O. The minimum Gasteiger partial charge on any atom is -0.385 e. The highest BCUT2D eigenvalue weighted by molar-refractivity contribution is 6.36. The highest BCUT2D eigenvalue weighted by Gasteiger charge is 2.39. The molecule has 4 heteroatoms. The summed E-state index contributed by atoms with van der Waals surface area (Å²) in [6.45, 7) is 2.95. The lowest BCUT2D eigenvalue weighted by molar-refractivity contribution is 0.0883. The minimum atomic E-state index is -0.722. The smallest absolute Gasteiger partial charge is 0.180 e. The number of fused-ring (bicyclic) bond motifs is 1. The summed E-state index contributed by atoms with van der Waals surface area (Å²) in [6, 6.07) is 6.95. The number of rotatable bonds is 5. The Morgan fingerprint density at radius 3 is 2.32 bits per heavy atom. The monoisotopic (exact) mass is 259 g/mol. The van der Waals surface area contributed by atoms with Crippen molar-refractivity contribution < 1.29 is 14.3 Å². The van der Waals surface area contributed by atoms with Crippen LogP contribution in [0.2, 0.25) is 0 Å². The number of carbonyl (C=O) groups is 2. The fourth-order valence-corrected chi connectivity index (χ4v) is 2.28. The first-order chi connectivity index (χ1) is 9.16. The Morgan fingerprint density at radius 1 is 1.21 bits per heavy atom. The van der Waals surface area contributed by atoms with Gasteiger partial charge in [0.1, 0.15) is 5.92 Å². The number of hydrogen-bond acceptors (Lipinski definition) is 4. The molecule has 19 heavy (non-hydrogen) atoms. The molecular formula is C15H17NO3. The lowest BCUT2D eigenvalue weighted by Crippen LogP contribution is -2.23. The van der Waals surface area contributed by atoms with Crippen LogP contribution < -0.4 is 0 Å². The standard InChI is InChI=1S/C15H17NO3/c1-10(16-8-5-9-19-2)13-14(17)11-6-3-4-7-12(11)15(13)18/h3-4,6-7,13H,5,8-9H2,1-2H3. The Hall–Kier alpha value is -1.81. The van der Waals surface area contributed by atoms with Crippen LogP contribution in [0.5, 0.6) is 0 Å². The number of methoxy groups -OCH3 is 1. The van der Waals surface area contributed by atoms with Gasteiger partial charge in [0.05, 0.1) is 0 Å². The Balaban J connectivity index is 2.15. The zero-order valence-electron chi connectivity index (χ0n) is 11.2. The number of nitrogens with zero attached hydrogens (tertiary/aromatic N) is 1. The van der Waals surface area contributed by atoms with Crippen LogP contribution in [0.25, 0.3) is 0 Å². The minimum absolute atomic E-state index is 0.131. The quantitative estimate of drug-likeness (QED) is 0.462. The average molecular weight is 259 g/mol. The predicted octanol–water partition coefficient (Wildman–Crippen LogP) is 2.18. The van der Waals surface area contributed by atoms with E-state index in [-0.39, 0.29) is 11.6 Å². The molecule has 0 aromatic heterocycles. The van der Waals surface area contributed by atoms with Crippen molar-refractivity contribution >= 4 is 17.3 Å². The zero-order valence-corrected chi connectivity index (χ0v) is 11.2. The topological polar surface area (TPSA) is 55.7 Å². The van der Waals surface area contributed by atoms with Crippen molar-refractivity contribution in [1.29, 1.82) is 0 Å². The first-order valence-corrected chi connectivity index (χ1v) is 6.34. The highest BCUT2D eigenvalue weighted by Crippen LogP contribution is 2.27. The third-order valence-corrected chi connectivity index (χ3v) is 3.27. The Morgan fingerprint density at radius 2 is 1.79 bits per heavy atom. The predicted molar refractivity (Wildman–Crippen MR) is 73.1 cm³/mol. The van der Waals surface area contributed by atoms with Gasteiger partial charge in [-0.1, -0.05) is 24.3 Å². The molecule has 0 heterocycles. The van der Waals surface area contributed by atoms with E-state index >= 15 is 0 Å². The van der Waals surface area contributed by atoms with Crippen LogP contribution >= 0.6 is 0 Å². The summed E-state index contributed by atoms with van der Waals surface area (Å²) in [5, 5.41) is 0. The van der Waals surface area contributed by atoms with Gasteiger partial charge in [0.15, 0.2) is 11.6 Å². The molecule has 0 atom stereocenters. The molecule has 0 fully saturated rings. The maximum atomic E-state index is 12.2. The number of hydrogen-bond donors (Lipinski definition) is 0. The summed E-state index contributed by atoms with van der Waals surface area (Å²) >= 11 is 0. The molecular weight excluding hydrogens is 242 g/mol. The van der Waals surface area contributed by atoms with Crippen LogP contribution in [-0.4, -0.2) is 37.5 Å². The maximum Gasteiger partial charge on any atom is 0.180 e. The lowest BCUT2D eigenvalue weighted by Gasteiger charge is -2.06. The van der Waals surface area contributed by atoms with Crippen LogP contribution in [0, 0.1) is 5.92 Å². The second-order valence-electron chi connectivity index (χ2n) is 4.58. The van der Waals surface area contributed by atoms with Gasteiger partial charge in [-0.2, -0.15) is 0 Å². The van der Waals surface area contributed by atoms with Crippen LogP contribution in [0.4, 0.5) is 0 Å². The Bertz CT molecular complexity index is 499. The van der Waals surface area contributed by atoms with Gasteiger partial charge in [-0.3, -0.25) is 14.6 Å². The van der Waals surface area contributed by atoms with Gasteiger partial charge < -0.3 is 4.74 Å². The molecule has 1 aromatic carbocycles. The van der Waals surface area contributed by atoms with Gasteiger partial charge in [-0.15, -0.1) is 0 Å². The summed E-state index contributed by atoms with van der Waals surface area (Å²) in [4.78, 5) is 28.7. The highest BCUT2D eigenvalue weighted by atomic mass is 16.5. The zero-order chi connectivity index (χ0) is 13.8. The first kappa shape index (κ1) is 13.6. The molecule has 0 spiro atoms. The Kier molecular flexibility index (Phi) is 4.22. The summed E-state index contributed by atoms with van der Waals surface area (Å²) in [5.74, 6) is -0.984. The van der Waals surface area contributed by atoms with Crippen molar-refractivity contribution in [1.82, 2.24) is 0 Å². The molecule has 1 aliphatic rings. The van der Waals surface area contributed by atoms with Crippen molar-refractivity contribution in [3.63, 3.8) is 0 Å². The molecule has 1 aromatic rings. The molecule has 4 nitrogen and oxygen atoms in total. The van der Waals surface area contributed by atoms with Crippen LogP contribution in [-0.2, 0) is 4.74 Å². The van der Waals surface area contributed by atoms with Crippen LogP contribution in [0.1, 0.15) is 34.1 Å². The summed E-state index contributed by atoms with van der Waals surface area (Å²) in [6.07, 6.45) is 0.788. The Labute approximate surface area is 112 Å². The molecule has 0 saturated carbocycles. The first-order valence-electron chi connectivity index (χ1n) is 6.34. The normalized spacial score (nSPS) is 16.0. The summed E-state index contributed by atoms with van der Waals surface area (Å²) < 4.78 is 4.94. The van der Waals surface area contributed by atoms with Crippen molar-refractivity contribution in [2.24, 2.45) is 10.9 Å². The van der Waals surface area contributed by atoms with Gasteiger partial charge in [-0.05, 0) is 13.3 Å². The number of ketones is 2. The van der Waals surface area contributed by atoms with Crippen molar-refractivity contribution in [2.45, 2.75) is 13.3 Å². The number of ether oxygens (including phenoxy) is 1.